The molecule has 2 aromatic carbocycles. The Kier molecular flexibility index (Phi) is 5.24. The van der Waals surface area contributed by atoms with Gasteiger partial charge in [-0.2, -0.15) is 0 Å². The van der Waals surface area contributed by atoms with Gasteiger partial charge in [0.2, 0.25) is 5.91 Å². The van der Waals surface area contributed by atoms with Crippen LogP contribution < -0.4 is 5.32 Å². The molecule has 2 heterocycles. The normalized spacial score (nSPS) is 13.5. The van der Waals surface area contributed by atoms with Crippen molar-refractivity contribution in [2.45, 2.75) is 38.6 Å². The largest absolute Gasteiger partial charge is 0.353 e. The number of aryl methyl sites for hydroxylation is 2. The summed E-state index contributed by atoms with van der Waals surface area (Å²) >= 11 is 6.15. The van der Waals surface area contributed by atoms with Crippen LogP contribution in [0.5, 0.6) is 0 Å². The molecule has 1 aliphatic rings. The highest BCUT2D eigenvalue weighted by Crippen LogP contribution is 2.30. The number of imidazole rings is 1. The van der Waals surface area contributed by atoms with Crippen molar-refractivity contribution in [2.24, 2.45) is 0 Å². The van der Waals surface area contributed by atoms with Gasteiger partial charge < -0.3 is 9.72 Å². The van der Waals surface area contributed by atoms with Crippen molar-refractivity contribution in [1.29, 1.82) is 0 Å². The van der Waals surface area contributed by atoms with Gasteiger partial charge in [-0.3, -0.25) is 4.79 Å². The minimum Gasteiger partial charge on any atom is -0.353 e. The van der Waals surface area contributed by atoms with E-state index >= 15 is 0 Å². The Morgan fingerprint density at radius 2 is 1.90 bits per heavy atom. The fourth-order valence-electron chi connectivity index (χ4n) is 4.03. The van der Waals surface area contributed by atoms with E-state index in [2.05, 4.69) is 47.1 Å². The average Bonchev–Trinajstić information content (AvgIpc) is 3.50. The minimum atomic E-state index is 0.112. The molecule has 0 unspecified atom stereocenters. The first-order valence-electron chi connectivity index (χ1n) is 10.7. The van der Waals surface area contributed by atoms with Crippen LogP contribution >= 0.6 is 11.6 Å². The molecule has 1 N–H and O–H groups in total. The first-order valence-corrected chi connectivity index (χ1v) is 11.1. The average molecular weight is 430 g/mol. The van der Waals surface area contributed by atoms with Gasteiger partial charge in [0.15, 0.2) is 0 Å². The fourth-order valence-corrected chi connectivity index (χ4v) is 4.26. The number of halogens is 1. The molecule has 1 amide bonds. The molecule has 31 heavy (non-hydrogen) atoms. The van der Waals surface area contributed by atoms with E-state index in [9.17, 15) is 4.79 Å². The van der Waals surface area contributed by atoms with E-state index in [0.717, 1.165) is 57.2 Å². The zero-order valence-electron chi connectivity index (χ0n) is 17.4. The third-order valence-electron chi connectivity index (χ3n) is 5.80. The lowest BCUT2D eigenvalue weighted by Crippen LogP contribution is -2.25. The summed E-state index contributed by atoms with van der Waals surface area (Å²) in [5, 5.41) is 3.83. The Labute approximate surface area is 186 Å². The van der Waals surface area contributed by atoms with Crippen LogP contribution in [0, 0.1) is 6.92 Å². The molecule has 4 nitrogen and oxygen atoms in total. The number of nitrogens with one attached hydrogen (secondary N) is 1. The van der Waals surface area contributed by atoms with Gasteiger partial charge >= 0.3 is 0 Å². The number of benzene rings is 2. The molecule has 0 atom stereocenters. The van der Waals surface area contributed by atoms with Crippen LogP contribution in [-0.2, 0) is 11.2 Å². The molecule has 156 valence electrons. The molecule has 5 rings (SSSR count). The Hall–Kier alpha value is -3.11. The summed E-state index contributed by atoms with van der Waals surface area (Å²) in [4.78, 5) is 17.3. The monoisotopic (exact) mass is 429 g/mol. The summed E-state index contributed by atoms with van der Waals surface area (Å²) in [5.41, 5.74) is 7.30. The van der Waals surface area contributed by atoms with Gasteiger partial charge in [-0.05, 0) is 67.1 Å². The molecule has 0 saturated heterocycles. The molecule has 1 saturated carbocycles. The Morgan fingerprint density at radius 1 is 1.10 bits per heavy atom. The van der Waals surface area contributed by atoms with Crippen molar-refractivity contribution in [2.75, 3.05) is 0 Å². The number of pyridine rings is 1. The highest BCUT2D eigenvalue weighted by molar-refractivity contribution is 6.30. The summed E-state index contributed by atoms with van der Waals surface area (Å²) in [6, 6.07) is 20.6. The van der Waals surface area contributed by atoms with E-state index in [4.69, 9.17) is 16.6 Å². The van der Waals surface area contributed by atoms with Crippen LogP contribution in [0.25, 0.3) is 28.0 Å². The van der Waals surface area contributed by atoms with Gasteiger partial charge in [0, 0.05) is 29.2 Å². The van der Waals surface area contributed by atoms with Crippen LogP contribution in [0.2, 0.25) is 5.02 Å². The van der Waals surface area contributed by atoms with Crippen molar-refractivity contribution in [1.82, 2.24) is 14.7 Å². The van der Waals surface area contributed by atoms with Gasteiger partial charge in [-0.15, -0.1) is 0 Å². The van der Waals surface area contributed by atoms with E-state index in [-0.39, 0.29) is 5.91 Å². The molecule has 1 aliphatic carbocycles. The molecule has 0 radical (unpaired) electrons. The zero-order chi connectivity index (χ0) is 21.4. The topological polar surface area (TPSA) is 46.4 Å². The maximum atomic E-state index is 12.4. The van der Waals surface area contributed by atoms with Crippen LogP contribution in [0.1, 0.15) is 30.5 Å². The summed E-state index contributed by atoms with van der Waals surface area (Å²) < 4.78 is 2.14. The molecule has 0 aliphatic heterocycles. The van der Waals surface area contributed by atoms with Gasteiger partial charge in [-0.25, -0.2) is 4.98 Å². The highest BCUT2D eigenvalue weighted by Gasteiger charge is 2.23. The van der Waals surface area contributed by atoms with E-state index in [0.29, 0.717) is 18.9 Å². The third-order valence-corrected chi connectivity index (χ3v) is 6.03. The molecular weight excluding hydrogens is 406 g/mol. The Morgan fingerprint density at radius 3 is 2.65 bits per heavy atom. The van der Waals surface area contributed by atoms with Crippen LogP contribution in [-0.4, -0.2) is 21.3 Å². The van der Waals surface area contributed by atoms with Crippen LogP contribution in [0.15, 0.2) is 66.9 Å². The molecule has 4 aromatic rings. The number of nitrogens with zero attached hydrogens (tertiary/aromatic N) is 2. The quantitative estimate of drug-likeness (QED) is 0.418. The lowest BCUT2D eigenvalue weighted by atomic mass is 10.0. The number of hydrogen-bond donors (Lipinski definition) is 1. The second-order valence-electron chi connectivity index (χ2n) is 8.22. The second kappa shape index (κ2) is 8.20. The lowest BCUT2D eigenvalue weighted by molar-refractivity contribution is -0.121. The molecule has 0 spiro atoms. The van der Waals surface area contributed by atoms with E-state index < -0.39 is 0 Å². The number of amides is 1. The Balaban J connectivity index is 1.57. The predicted octanol–water partition coefficient (Wildman–Crippen LogP) is 5.84. The van der Waals surface area contributed by atoms with Gasteiger partial charge in [0.25, 0.3) is 0 Å². The van der Waals surface area contributed by atoms with Crippen molar-refractivity contribution in [3.63, 3.8) is 0 Å². The SMILES string of the molecule is Cc1cc(Cl)ccc1-c1ccc2nc(-c3ccccc3)c(CCC(=O)NC3CC3)n2c1. The van der Waals surface area contributed by atoms with E-state index in [1.54, 1.807) is 0 Å². The molecule has 5 heteroatoms. The smallest absolute Gasteiger partial charge is 0.220 e. The number of carbonyl (C=O) groups is 1. The predicted molar refractivity (Wildman–Crippen MR) is 125 cm³/mol. The minimum absolute atomic E-state index is 0.112. The number of aromatic nitrogens is 2. The van der Waals surface area contributed by atoms with Crippen molar-refractivity contribution >= 4 is 23.2 Å². The zero-order valence-corrected chi connectivity index (χ0v) is 18.2. The first-order chi connectivity index (χ1) is 15.1. The number of hydrogen-bond acceptors (Lipinski definition) is 2. The molecule has 2 aromatic heterocycles. The summed E-state index contributed by atoms with van der Waals surface area (Å²) in [5.74, 6) is 0.112. The molecule has 1 fully saturated rings. The number of fused-ring (bicyclic) bond motifs is 1. The molecule has 0 bridgehead atoms. The van der Waals surface area contributed by atoms with Gasteiger partial charge in [0.1, 0.15) is 5.65 Å². The summed E-state index contributed by atoms with van der Waals surface area (Å²) in [7, 11) is 0. The first kappa shape index (κ1) is 19.8. The number of rotatable bonds is 6. The van der Waals surface area contributed by atoms with Gasteiger partial charge in [0.05, 0.1) is 11.4 Å². The van der Waals surface area contributed by atoms with Crippen molar-refractivity contribution in [3.05, 3.63) is 83.1 Å². The standard InChI is InChI=1S/C26H24ClN3O/c1-17-15-20(27)8-11-22(17)19-7-13-24-29-26(18-5-3-2-4-6-18)23(30(24)16-19)12-14-25(31)28-21-9-10-21/h2-8,11,13,15-16,21H,9-10,12,14H2,1H3,(H,28,31). The maximum absolute atomic E-state index is 12.4. The van der Waals surface area contributed by atoms with Crippen LogP contribution in [0.4, 0.5) is 0 Å². The molecular formula is C26H24ClN3O. The Bertz CT molecular complexity index is 1260. The lowest BCUT2D eigenvalue weighted by Gasteiger charge is -2.10. The third kappa shape index (κ3) is 4.21. The van der Waals surface area contributed by atoms with Crippen LogP contribution in [0.3, 0.4) is 0 Å². The maximum Gasteiger partial charge on any atom is 0.220 e. The van der Waals surface area contributed by atoms with E-state index in [1.807, 2.05) is 36.4 Å². The van der Waals surface area contributed by atoms with E-state index in [1.165, 1.54) is 0 Å². The number of carbonyl (C=O) groups excluding carboxylic acids is 1. The summed E-state index contributed by atoms with van der Waals surface area (Å²) in [6.45, 7) is 2.07. The van der Waals surface area contributed by atoms with Crippen molar-refractivity contribution < 1.29 is 4.79 Å². The summed E-state index contributed by atoms with van der Waals surface area (Å²) in [6.07, 6.45) is 5.40. The van der Waals surface area contributed by atoms with Crippen molar-refractivity contribution in [3.8, 4) is 22.4 Å². The van der Waals surface area contributed by atoms with Gasteiger partial charge in [-0.1, -0.05) is 48.0 Å². The second-order valence-corrected chi connectivity index (χ2v) is 8.66. The highest BCUT2D eigenvalue weighted by atomic mass is 35.5. The fraction of sp³-hybridized carbons (Fsp3) is 0.231.